The zero-order valence-corrected chi connectivity index (χ0v) is 17.2. The van der Waals surface area contributed by atoms with Gasteiger partial charge < -0.3 is 19.2 Å². The minimum atomic E-state index is -0.130. The summed E-state index contributed by atoms with van der Waals surface area (Å²) in [5.74, 6) is -0.130. The molecule has 154 valence electrons. The Kier molecular flexibility index (Phi) is 5.72. The van der Waals surface area contributed by atoms with Gasteiger partial charge in [-0.25, -0.2) is 0 Å². The van der Waals surface area contributed by atoms with Crippen molar-refractivity contribution in [3.8, 4) is 0 Å². The van der Waals surface area contributed by atoms with Gasteiger partial charge in [-0.15, -0.1) is 0 Å². The molecule has 4 rings (SSSR count). The highest BCUT2D eigenvalue weighted by molar-refractivity contribution is 6.17. The van der Waals surface area contributed by atoms with Crippen molar-refractivity contribution in [2.75, 3.05) is 19.8 Å². The lowest BCUT2D eigenvalue weighted by molar-refractivity contribution is 0.0945. The summed E-state index contributed by atoms with van der Waals surface area (Å²) >= 11 is 0. The van der Waals surface area contributed by atoms with Crippen LogP contribution in [0.2, 0.25) is 0 Å². The number of carbonyl (C=O) groups excluding carboxylic acids is 1. The van der Waals surface area contributed by atoms with E-state index in [4.69, 9.17) is 4.74 Å². The SMILES string of the molecule is CCOCCCNC(=O)c1cn(C2CCCC2)c(=O)c2c1c1ccccc1n2C. The molecule has 6 nitrogen and oxygen atoms in total. The first kappa shape index (κ1) is 19.7. The standard InChI is InChI=1S/C23H29N3O3/c1-3-29-14-8-13-24-22(27)18-15-26(16-9-4-5-10-16)23(28)21-20(18)17-11-6-7-12-19(17)25(21)2/h6-7,11-12,15-16H,3-5,8-10,13-14H2,1-2H3,(H,24,27). The molecule has 1 aliphatic carbocycles. The molecule has 1 amide bonds. The Morgan fingerprint density at radius 3 is 2.76 bits per heavy atom. The molecular formula is C23H29N3O3. The second-order valence-electron chi connectivity index (χ2n) is 7.80. The third kappa shape index (κ3) is 3.57. The Morgan fingerprint density at radius 2 is 2.00 bits per heavy atom. The number of aryl methyl sites for hydroxylation is 1. The van der Waals surface area contributed by atoms with Gasteiger partial charge in [-0.3, -0.25) is 9.59 Å². The summed E-state index contributed by atoms with van der Waals surface area (Å²) in [5.41, 5.74) is 2.16. The van der Waals surface area contributed by atoms with Gasteiger partial charge in [0, 0.05) is 55.3 Å². The van der Waals surface area contributed by atoms with E-state index in [9.17, 15) is 9.59 Å². The molecule has 1 aliphatic rings. The van der Waals surface area contributed by atoms with E-state index in [2.05, 4.69) is 5.32 Å². The lowest BCUT2D eigenvalue weighted by atomic mass is 10.1. The van der Waals surface area contributed by atoms with Crippen LogP contribution >= 0.6 is 0 Å². The Labute approximate surface area is 170 Å². The molecule has 1 saturated carbocycles. The van der Waals surface area contributed by atoms with Crippen molar-refractivity contribution in [3.63, 3.8) is 0 Å². The Balaban J connectivity index is 1.82. The molecule has 1 fully saturated rings. The molecule has 0 unspecified atom stereocenters. The maximum atomic E-state index is 13.4. The summed E-state index contributed by atoms with van der Waals surface area (Å²) < 4.78 is 9.10. The van der Waals surface area contributed by atoms with Crippen LogP contribution < -0.4 is 10.9 Å². The summed E-state index contributed by atoms with van der Waals surface area (Å²) in [5, 5.41) is 4.72. The maximum absolute atomic E-state index is 13.4. The lowest BCUT2D eigenvalue weighted by Crippen LogP contribution is -2.30. The Morgan fingerprint density at radius 1 is 1.24 bits per heavy atom. The number of hydrogen-bond donors (Lipinski definition) is 1. The highest BCUT2D eigenvalue weighted by Gasteiger charge is 2.25. The van der Waals surface area contributed by atoms with E-state index in [-0.39, 0.29) is 17.5 Å². The van der Waals surface area contributed by atoms with Gasteiger partial charge in [0.15, 0.2) is 0 Å². The summed E-state index contributed by atoms with van der Waals surface area (Å²) in [6.07, 6.45) is 6.80. The van der Waals surface area contributed by atoms with Gasteiger partial charge in [-0.1, -0.05) is 31.0 Å². The van der Waals surface area contributed by atoms with Crippen molar-refractivity contribution in [3.05, 3.63) is 46.4 Å². The van der Waals surface area contributed by atoms with Gasteiger partial charge in [0.1, 0.15) is 5.52 Å². The molecule has 0 aliphatic heterocycles. The predicted molar refractivity (Wildman–Crippen MR) is 116 cm³/mol. The zero-order valence-electron chi connectivity index (χ0n) is 17.2. The van der Waals surface area contributed by atoms with Gasteiger partial charge in [-0.2, -0.15) is 0 Å². The second-order valence-corrected chi connectivity index (χ2v) is 7.80. The fourth-order valence-electron chi connectivity index (χ4n) is 4.54. The Bertz CT molecular complexity index is 1090. The van der Waals surface area contributed by atoms with Crippen LogP contribution in [-0.2, 0) is 11.8 Å². The number of ether oxygens (including phenoxy) is 1. The van der Waals surface area contributed by atoms with Gasteiger partial charge in [0.2, 0.25) is 0 Å². The topological polar surface area (TPSA) is 65.3 Å². The number of aromatic nitrogens is 2. The van der Waals surface area contributed by atoms with Crippen molar-refractivity contribution in [1.82, 2.24) is 14.5 Å². The largest absolute Gasteiger partial charge is 0.382 e. The number of hydrogen-bond acceptors (Lipinski definition) is 3. The van der Waals surface area contributed by atoms with E-state index >= 15 is 0 Å². The first-order valence-electron chi connectivity index (χ1n) is 10.6. The van der Waals surface area contributed by atoms with E-state index in [1.54, 1.807) is 6.20 Å². The number of carbonyl (C=O) groups is 1. The van der Waals surface area contributed by atoms with Crippen molar-refractivity contribution in [2.45, 2.75) is 45.1 Å². The number of para-hydroxylation sites is 1. The van der Waals surface area contributed by atoms with Gasteiger partial charge in [0.05, 0.1) is 5.56 Å². The number of fused-ring (bicyclic) bond motifs is 3. The van der Waals surface area contributed by atoms with Crippen LogP contribution in [0.15, 0.2) is 35.3 Å². The molecule has 3 aromatic rings. The van der Waals surface area contributed by atoms with Gasteiger partial charge >= 0.3 is 0 Å². The van der Waals surface area contributed by atoms with Gasteiger partial charge in [0.25, 0.3) is 11.5 Å². The van der Waals surface area contributed by atoms with Crippen LogP contribution in [-0.4, -0.2) is 34.8 Å². The van der Waals surface area contributed by atoms with Crippen LogP contribution in [0, 0.1) is 0 Å². The molecule has 2 heterocycles. The average molecular weight is 396 g/mol. The summed E-state index contributed by atoms with van der Waals surface area (Å²) in [4.78, 5) is 26.6. The highest BCUT2D eigenvalue weighted by atomic mass is 16.5. The second kappa shape index (κ2) is 8.41. The van der Waals surface area contributed by atoms with E-state index in [0.29, 0.717) is 30.8 Å². The predicted octanol–water partition coefficient (Wildman–Crippen LogP) is 3.76. The molecule has 0 spiro atoms. The number of pyridine rings is 1. The average Bonchev–Trinajstić information content (AvgIpc) is 3.36. The number of nitrogens with one attached hydrogen (secondary N) is 1. The normalized spacial score (nSPS) is 14.8. The number of rotatable bonds is 7. The van der Waals surface area contributed by atoms with Crippen molar-refractivity contribution in [2.24, 2.45) is 7.05 Å². The minimum Gasteiger partial charge on any atom is -0.382 e. The Hall–Kier alpha value is -2.60. The highest BCUT2D eigenvalue weighted by Crippen LogP contribution is 2.32. The molecule has 29 heavy (non-hydrogen) atoms. The van der Waals surface area contributed by atoms with E-state index in [1.807, 2.05) is 47.4 Å². The first-order valence-corrected chi connectivity index (χ1v) is 10.6. The lowest BCUT2D eigenvalue weighted by Gasteiger charge is -2.16. The van der Waals surface area contributed by atoms with E-state index in [0.717, 1.165) is 48.4 Å². The van der Waals surface area contributed by atoms with Crippen LogP contribution in [0.3, 0.4) is 0 Å². The van der Waals surface area contributed by atoms with Crippen LogP contribution in [0.5, 0.6) is 0 Å². The molecular weight excluding hydrogens is 366 g/mol. The molecule has 0 saturated heterocycles. The monoisotopic (exact) mass is 395 g/mol. The fourth-order valence-corrected chi connectivity index (χ4v) is 4.54. The maximum Gasteiger partial charge on any atom is 0.275 e. The number of benzene rings is 1. The molecule has 0 bridgehead atoms. The summed E-state index contributed by atoms with van der Waals surface area (Å²) in [7, 11) is 1.91. The molecule has 2 aromatic heterocycles. The third-order valence-electron chi connectivity index (χ3n) is 6.00. The fraction of sp³-hybridized carbons (Fsp3) is 0.478. The van der Waals surface area contributed by atoms with E-state index < -0.39 is 0 Å². The van der Waals surface area contributed by atoms with Crippen molar-refractivity contribution in [1.29, 1.82) is 0 Å². The number of amides is 1. The van der Waals surface area contributed by atoms with Crippen LogP contribution in [0.4, 0.5) is 0 Å². The van der Waals surface area contributed by atoms with Crippen molar-refractivity contribution >= 4 is 27.7 Å². The van der Waals surface area contributed by atoms with E-state index in [1.165, 1.54) is 0 Å². The van der Waals surface area contributed by atoms with Crippen LogP contribution in [0.25, 0.3) is 21.8 Å². The smallest absolute Gasteiger partial charge is 0.275 e. The first-order chi connectivity index (χ1) is 14.1. The van der Waals surface area contributed by atoms with Crippen molar-refractivity contribution < 1.29 is 9.53 Å². The quantitative estimate of drug-likeness (QED) is 0.620. The summed E-state index contributed by atoms with van der Waals surface area (Å²) in [6.45, 7) is 3.81. The number of nitrogens with zero attached hydrogens (tertiary/aromatic N) is 2. The summed E-state index contributed by atoms with van der Waals surface area (Å²) in [6, 6.07) is 8.08. The molecule has 0 radical (unpaired) electrons. The van der Waals surface area contributed by atoms with Gasteiger partial charge in [-0.05, 0) is 32.3 Å². The third-order valence-corrected chi connectivity index (χ3v) is 6.00. The molecule has 1 aromatic carbocycles. The molecule has 1 N–H and O–H groups in total. The van der Waals surface area contributed by atoms with Crippen LogP contribution in [0.1, 0.15) is 55.4 Å². The minimum absolute atomic E-state index is 0.00139. The zero-order chi connectivity index (χ0) is 20.4. The molecule has 0 atom stereocenters. The molecule has 6 heteroatoms.